The average molecular weight is 300 g/mol. The largest absolute Gasteiger partial charge is 0.481 e. The van der Waals surface area contributed by atoms with E-state index >= 15 is 0 Å². The molecule has 0 saturated heterocycles. The Bertz CT molecular complexity index is 447. The van der Waals surface area contributed by atoms with Crippen molar-refractivity contribution in [3.05, 3.63) is 34.9 Å². The van der Waals surface area contributed by atoms with Crippen LogP contribution in [0.25, 0.3) is 0 Å². The van der Waals surface area contributed by atoms with Gasteiger partial charge in [0.2, 0.25) is 5.91 Å². The lowest BCUT2D eigenvalue weighted by Crippen LogP contribution is -2.33. The highest BCUT2D eigenvalue weighted by atomic mass is 35.5. The predicted octanol–water partition coefficient (Wildman–Crippen LogP) is 2.40. The van der Waals surface area contributed by atoms with Gasteiger partial charge in [0.05, 0.1) is 12.5 Å². The van der Waals surface area contributed by atoms with E-state index in [1.807, 2.05) is 6.92 Å². The van der Waals surface area contributed by atoms with Crippen LogP contribution in [0.15, 0.2) is 24.3 Å². The molecule has 0 bridgehead atoms. The summed E-state index contributed by atoms with van der Waals surface area (Å²) in [6, 6.07) is 6.12. The second-order valence-corrected chi connectivity index (χ2v) is 4.76. The molecule has 0 aromatic heterocycles. The molecule has 0 aliphatic heterocycles. The molecule has 1 amide bonds. The van der Waals surface area contributed by atoms with Gasteiger partial charge in [-0.05, 0) is 24.1 Å². The third-order valence-corrected chi connectivity index (χ3v) is 2.82. The number of carbonyl (C=O) groups excluding carboxylic acids is 1. The maximum Gasteiger partial charge on any atom is 0.305 e. The van der Waals surface area contributed by atoms with Crippen molar-refractivity contribution in [2.45, 2.75) is 25.8 Å². The lowest BCUT2D eigenvalue weighted by Gasteiger charge is -2.17. The second kappa shape index (κ2) is 8.55. The zero-order valence-corrected chi connectivity index (χ0v) is 12.0. The summed E-state index contributed by atoms with van der Waals surface area (Å²) in [7, 11) is 0. The monoisotopic (exact) mass is 299 g/mol. The van der Waals surface area contributed by atoms with Gasteiger partial charge >= 0.3 is 5.97 Å². The molecule has 20 heavy (non-hydrogen) atoms. The molecule has 0 radical (unpaired) electrons. The zero-order chi connectivity index (χ0) is 15.0. The number of carbonyl (C=O) groups is 2. The number of carboxylic acids is 1. The standard InChI is InChI=1S/C14H18ClNO4/c1-2-7-20-9-13(17)16-12(8-14(18)19)10-3-5-11(15)6-4-10/h3-6,12H,2,7-9H2,1H3,(H,16,17)(H,18,19)/t12-/m0/s1. The molecule has 1 atom stereocenters. The van der Waals surface area contributed by atoms with E-state index in [1.54, 1.807) is 24.3 Å². The van der Waals surface area contributed by atoms with Crippen LogP contribution in [-0.2, 0) is 14.3 Å². The second-order valence-electron chi connectivity index (χ2n) is 4.32. The Kier molecular flexibility index (Phi) is 7.04. The van der Waals surface area contributed by atoms with Crippen molar-refractivity contribution in [3.63, 3.8) is 0 Å². The highest BCUT2D eigenvalue weighted by Gasteiger charge is 2.18. The Morgan fingerprint density at radius 2 is 2.00 bits per heavy atom. The first kappa shape index (κ1) is 16.5. The molecule has 1 aromatic rings. The van der Waals surface area contributed by atoms with E-state index in [0.717, 1.165) is 6.42 Å². The normalized spacial score (nSPS) is 11.9. The molecule has 0 unspecified atom stereocenters. The van der Waals surface area contributed by atoms with E-state index in [4.69, 9.17) is 21.4 Å². The van der Waals surface area contributed by atoms with Gasteiger partial charge in [-0.25, -0.2) is 0 Å². The van der Waals surface area contributed by atoms with Crippen molar-refractivity contribution in [2.75, 3.05) is 13.2 Å². The summed E-state index contributed by atoms with van der Waals surface area (Å²) in [5, 5.41) is 12.1. The molecule has 0 heterocycles. The average Bonchev–Trinajstić information content (AvgIpc) is 2.38. The first-order valence-electron chi connectivity index (χ1n) is 6.37. The van der Waals surface area contributed by atoms with Crippen LogP contribution in [0.4, 0.5) is 0 Å². The SMILES string of the molecule is CCCOCC(=O)N[C@@H](CC(=O)O)c1ccc(Cl)cc1. The van der Waals surface area contributed by atoms with E-state index < -0.39 is 12.0 Å². The van der Waals surface area contributed by atoms with Crippen LogP contribution in [-0.4, -0.2) is 30.2 Å². The molecular formula is C14H18ClNO4. The fraction of sp³-hybridized carbons (Fsp3) is 0.429. The Labute approximate surface area is 122 Å². The van der Waals surface area contributed by atoms with Crippen molar-refractivity contribution < 1.29 is 19.4 Å². The fourth-order valence-electron chi connectivity index (χ4n) is 1.67. The number of amides is 1. The number of benzene rings is 1. The van der Waals surface area contributed by atoms with Crippen LogP contribution < -0.4 is 5.32 Å². The highest BCUT2D eigenvalue weighted by Crippen LogP contribution is 2.19. The van der Waals surface area contributed by atoms with Crippen LogP contribution in [0.1, 0.15) is 31.4 Å². The minimum absolute atomic E-state index is 0.0719. The van der Waals surface area contributed by atoms with Crippen molar-refractivity contribution in [1.29, 1.82) is 0 Å². The van der Waals surface area contributed by atoms with Gasteiger partial charge in [0.15, 0.2) is 0 Å². The molecule has 110 valence electrons. The van der Waals surface area contributed by atoms with Crippen LogP contribution in [0, 0.1) is 0 Å². The highest BCUT2D eigenvalue weighted by molar-refractivity contribution is 6.30. The predicted molar refractivity (Wildman–Crippen MR) is 75.7 cm³/mol. The lowest BCUT2D eigenvalue weighted by molar-refractivity contribution is -0.138. The molecule has 5 nitrogen and oxygen atoms in total. The Morgan fingerprint density at radius 1 is 1.35 bits per heavy atom. The first-order valence-corrected chi connectivity index (χ1v) is 6.75. The van der Waals surface area contributed by atoms with Gasteiger partial charge in [-0.15, -0.1) is 0 Å². The van der Waals surface area contributed by atoms with Crippen LogP contribution in [0.5, 0.6) is 0 Å². The molecule has 0 fully saturated rings. The molecule has 2 N–H and O–H groups in total. The lowest BCUT2D eigenvalue weighted by atomic mass is 10.0. The molecule has 1 aromatic carbocycles. The van der Waals surface area contributed by atoms with E-state index in [9.17, 15) is 9.59 Å². The van der Waals surface area contributed by atoms with Gasteiger partial charge in [0, 0.05) is 11.6 Å². The summed E-state index contributed by atoms with van der Waals surface area (Å²) in [4.78, 5) is 22.6. The molecular weight excluding hydrogens is 282 g/mol. The van der Waals surface area contributed by atoms with E-state index in [1.165, 1.54) is 0 Å². The summed E-state index contributed by atoms with van der Waals surface area (Å²) in [5.41, 5.74) is 0.695. The molecule has 0 spiro atoms. The Morgan fingerprint density at radius 3 is 2.55 bits per heavy atom. The zero-order valence-electron chi connectivity index (χ0n) is 11.3. The Balaban J connectivity index is 2.67. The minimum Gasteiger partial charge on any atom is -0.481 e. The van der Waals surface area contributed by atoms with Crippen molar-refractivity contribution in [2.24, 2.45) is 0 Å². The molecule has 0 aliphatic carbocycles. The number of halogens is 1. The summed E-state index contributed by atoms with van der Waals surface area (Å²) in [5.74, 6) is -1.32. The summed E-state index contributed by atoms with van der Waals surface area (Å²) in [6.45, 7) is 2.37. The molecule has 1 rings (SSSR count). The van der Waals surface area contributed by atoms with Crippen LogP contribution >= 0.6 is 11.6 Å². The Hall–Kier alpha value is -1.59. The van der Waals surface area contributed by atoms with E-state index in [0.29, 0.717) is 17.2 Å². The number of nitrogens with one attached hydrogen (secondary N) is 1. The number of carboxylic acid groups (broad SMARTS) is 1. The van der Waals surface area contributed by atoms with Gasteiger partial charge in [0.1, 0.15) is 6.61 Å². The van der Waals surface area contributed by atoms with Gasteiger partial charge in [0.25, 0.3) is 0 Å². The fourth-order valence-corrected chi connectivity index (χ4v) is 1.79. The van der Waals surface area contributed by atoms with Gasteiger partial charge in [-0.2, -0.15) is 0 Å². The van der Waals surface area contributed by atoms with Crippen LogP contribution in [0.3, 0.4) is 0 Å². The third-order valence-electron chi connectivity index (χ3n) is 2.57. The first-order chi connectivity index (χ1) is 9.52. The number of rotatable bonds is 8. The number of aliphatic carboxylic acids is 1. The molecule has 0 aliphatic rings. The van der Waals surface area contributed by atoms with Crippen molar-refractivity contribution >= 4 is 23.5 Å². The van der Waals surface area contributed by atoms with Gasteiger partial charge in [-0.3, -0.25) is 9.59 Å². The number of hydrogen-bond donors (Lipinski definition) is 2. The minimum atomic E-state index is -0.986. The van der Waals surface area contributed by atoms with Gasteiger partial charge < -0.3 is 15.2 Å². The summed E-state index contributed by atoms with van der Waals surface area (Å²) in [6.07, 6.45) is 0.629. The smallest absolute Gasteiger partial charge is 0.305 e. The van der Waals surface area contributed by atoms with Gasteiger partial charge in [-0.1, -0.05) is 30.7 Å². The van der Waals surface area contributed by atoms with E-state index in [2.05, 4.69) is 5.32 Å². The maximum atomic E-state index is 11.7. The summed E-state index contributed by atoms with van der Waals surface area (Å²) >= 11 is 5.79. The number of ether oxygens (including phenoxy) is 1. The third kappa shape index (κ3) is 6.04. The topological polar surface area (TPSA) is 75.6 Å². The van der Waals surface area contributed by atoms with Crippen molar-refractivity contribution in [1.82, 2.24) is 5.32 Å². The van der Waals surface area contributed by atoms with Crippen LogP contribution in [0.2, 0.25) is 5.02 Å². The summed E-state index contributed by atoms with van der Waals surface area (Å²) < 4.78 is 5.12. The molecule has 6 heteroatoms. The van der Waals surface area contributed by atoms with Crippen molar-refractivity contribution in [3.8, 4) is 0 Å². The van der Waals surface area contributed by atoms with E-state index in [-0.39, 0.29) is 18.9 Å². The quantitative estimate of drug-likeness (QED) is 0.723. The number of hydrogen-bond acceptors (Lipinski definition) is 3. The maximum absolute atomic E-state index is 11.7. The molecule has 0 saturated carbocycles.